The van der Waals surface area contributed by atoms with Crippen molar-refractivity contribution in [1.82, 2.24) is 0 Å². The second-order valence-electron chi connectivity index (χ2n) is 20.6. The van der Waals surface area contributed by atoms with E-state index in [1.54, 1.807) is 178 Å². The average molecular weight is 1140 g/mol. The molecule has 0 aliphatic rings. The highest BCUT2D eigenvalue weighted by Crippen LogP contribution is 2.27. The number of aryl methyl sites for hydroxylation is 20. The fraction of sp³-hybridized carbons (Fsp3) is 0.295. The molecular formula is C78H96N5+5. The SMILES string of the molecule is [2H]C([2H])([2H])c1ccc(-c2c(C([2H])([2H])[2H])ccc[n+]2C)c(C)c1.[2H]C([2H])([2H])c1ccc(-c2cc(C([2H])([2H])[2H])c(C([2H])([2H])[2H])c[n+]2C)c(C)c1.[2H]C([2H])([2H])c1ccc(-c2cc(C([2H])([2H])[2H])cc(C)[n+]2C)c(C)c1.[2H]C([2H])([2H])c1ccc(-c2cc(C([2H])([2H])[2H])cc[n+]2C)c(C)c1.[2H]C([2H])([2H])c1ccc(-c2ccc(C([2H])([2H])[2H])c(C)[n+]2C)c(C)c1. The van der Waals surface area contributed by atoms with Crippen LogP contribution in [0, 0.1) is 124 Å². The van der Waals surface area contributed by atoms with Gasteiger partial charge in [-0.05, 0) is 197 Å². The van der Waals surface area contributed by atoms with Crippen LogP contribution in [0.2, 0.25) is 0 Å². The van der Waals surface area contributed by atoms with Crippen molar-refractivity contribution in [3.8, 4) is 56.3 Å². The van der Waals surface area contributed by atoms with Crippen LogP contribution in [0.4, 0.5) is 0 Å². The Labute approximate surface area is 547 Å². The first-order valence-electron chi connectivity index (χ1n) is 43.1. The molecule has 83 heavy (non-hydrogen) atoms. The highest BCUT2D eigenvalue weighted by Gasteiger charge is 2.19. The second kappa shape index (κ2) is 28.2. The van der Waals surface area contributed by atoms with Gasteiger partial charge in [-0.1, -0.05) is 88.5 Å². The molecule has 10 aromatic rings. The highest BCUT2D eigenvalue weighted by molar-refractivity contribution is 5.66. The van der Waals surface area contributed by atoms with Crippen LogP contribution in [-0.2, 0) is 35.2 Å². The minimum Gasteiger partial charge on any atom is -0.201 e. The molecule has 5 heteroatoms. The molecule has 5 aromatic carbocycles. The maximum atomic E-state index is 7.70. The Hall–Kier alpha value is -8.15. The van der Waals surface area contributed by atoms with Crippen molar-refractivity contribution in [2.75, 3.05) is 0 Å². The Morgan fingerprint density at radius 1 is 0.277 bits per heavy atom. The largest absolute Gasteiger partial charge is 0.215 e. The van der Waals surface area contributed by atoms with Crippen LogP contribution in [0.1, 0.15) is 146 Å². The standard InChI is InChI=1S/3C16H20N.2C15H18N/c1-11-6-8-15(13(3)10-11)16-9-7-12(2)14(4)17(16)5;1-11-6-7-15(13(3)8-11)16-9-12(2)14(4)10-17(16)5;1-11-6-7-15(13(3)8-11)16-10-12(2)9-14(4)17(16)5;1-11-5-6-14(13(3)9-11)15-10-12(2)7-8-16(15)4;1-11-7-8-14(13(3)10-11)15-12(2)6-5-9-16(15)4/h3*6-10H,1-5H3;2*5-10H,1-4H3/q5*+1/i1D3,2D3;1D3,2D3,4D3;3*1D3,2D3. The van der Waals surface area contributed by atoms with Crippen LogP contribution >= 0.6 is 0 Å². The van der Waals surface area contributed by atoms with Gasteiger partial charge in [-0.3, -0.25) is 0 Å². The number of benzene rings is 5. The van der Waals surface area contributed by atoms with Crippen LogP contribution in [0.3, 0.4) is 0 Å². The van der Waals surface area contributed by atoms with Crippen LogP contribution in [-0.4, -0.2) is 0 Å². The Bertz CT molecular complexity index is 5210. The van der Waals surface area contributed by atoms with Gasteiger partial charge in [0.15, 0.2) is 30.0 Å². The van der Waals surface area contributed by atoms with Gasteiger partial charge in [-0.2, -0.15) is 9.13 Å². The van der Waals surface area contributed by atoms with Crippen LogP contribution in [0.5, 0.6) is 0 Å². The molecule has 10 rings (SSSR count). The summed E-state index contributed by atoms with van der Waals surface area (Å²) in [6.45, 7) is -12.0. The fourth-order valence-corrected chi connectivity index (χ4v) is 9.52. The Balaban J connectivity index is 0.000000226. The van der Waals surface area contributed by atoms with Crippen molar-refractivity contribution >= 4 is 0 Å². The van der Waals surface area contributed by atoms with Crippen molar-refractivity contribution in [2.24, 2.45) is 35.2 Å². The molecule has 0 radical (unpaired) electrons. The smallest absolute Gasteiger partial charge is 0.201 e. The molecule has 0 bridgehead atoms. The molecule has 0 atom stereocenters. The average Bonchev–Trinajstić information content (AvgIpc) is 0.677. The zero-order valence-corrected chi connectivity index (χ0v) is 49.3. The van der Waals surface area contributed by atoms with Gasteiger partial charge < -0.3 is 0 Å². The molecule has 0 aliphatic heterocycles. The molecule has 0 N–H and O–H groups in total. The third-order valence-electron chi connectivity index (χ3n) is 14.3. The molecule has 0 spiro atoms. The summed E-state index contributed by atoms with van der Waals surface area (Å²) in [4.78, 5) is 0. The first-order chi connectivity index (χ1) is 52.5. The monoisotopic (exact) mass is 1140 g/mol. The Morgan fingerprint density at radius 2 is 0.711 bits per heavy atom. The van der Waals surface area contributed by atoms with Gasteiger partial charge >= 0.3 is 0 Å². The first-order valence-corrected chi connectivity index (χ1v) is 26.6. The molecule has 0 unspecified atom stereocenters. The molecule has 0 aliphatic carbocycles. The van der Waals surface area contributed by atoms with E-state index < -0.39 is 75.4 Å². The van der Waals surface area contributed by atoms with Gasteiger partial charge in [0.05, 0.1) is 0 Å². The van der Waals surface area contributed by atoms with E-state index in [4.69, 9.17) is 45.2 Å². The molecule has 5 heterocycles. The van der Waals surface area contributed by atoms with Crippen LogP contribution in [0.15, 0.2) is 164 Å². The van der Waals surface area contributed by atoms with Crippen LogP contribution < -0.4 is 22.8 Å². The summed E-state index contributed by atoms with van der Waals surface area (Å²) < 4.78 is 258. The number of nitrogens with zero attached hydrogens (tertiary/aromatic N) is 5. The van der Waals surface area contributed by atoms with E-state index in [1.807, 2.05) is 62.5 Å². The number of pyridine rings is 5. The summed E-state index contributed by atoms with van der Waals surface area (Å²) in [5.41, 5.74) is 14.6. The van der Waals surface area contributed by atoms with Gasteiger partial charge in [0.1, 0.15) is 35.2 Å². The van der Waals surface area contributed by atoms with Crippen molar-refractivity contribution in [3.63, 3.8) is 0 Å². The lowest BCUT2D eigenvalue weighted by atomic mass is 9.99. The third-order valence-corrected chi connectivity index (χ3v) is 14.3. The molecule has 0 fully saturated rings. The van der Waals surface area contributed by atoms with Gasteiger partial charge in [-0.25, -0.2) is 13.7 Å². The van der Waals surface area contributed by atoms with Gasteiger partial charge in [-0.15, -0.1) is 0 Å². The van der Waals surface area contributed by atoms with Gasteiger partial charge in [0.25, 0.3) is 0 Å². The quantitative estimate of drug-likeness (QED) is 0.153. The molecule has 5 nitrogen and oxygen atoms in total. The number of hydrogen-bond donors (Lipinski definition) is 0. The van der Waals surface area contributed by atoms with Crippen LogP contribution in [0.25, 0.3) is 56.3 Å². The maximum absolute atomic E-state index is 7.70. The highest BCUT2D eigenvalue weighted by atomic mass is 15.0. The Kier molecular flexibility index (Phi) is 10.9. The van der Waals surface area contributed by atoms with Gasteiger partial charge in [0, 0.05) is 146 Å². The summed E-state index contributed by atoms with van der Waals surface area (Å²) in [5.74, 6) is 0. The molecule has 0 saturated heterocycles. The summed E-state index contributed by atoms with van der Waals surface area (Å²) in [5, 5.41) is 0. The fourth-order valence-electron chi connectivity index (χ4n) is 9.52. The molecule has 428 valence electrons. The molecule has 5 aromatic heterocycles. The third kappa shape index (κ3) is 16.3. The van der Waals surface area contributed by atoms with E-state index in [2.05, 4.69) is 0 Å². The minimum atomic E-state index is -2.58. The van der Waals surface area contributed by atoms with Gasteiger partial charge in [0.2, 0.25) is 28.5 Å². The second-order valence-corrected chi connectivity index (χ2v) is 20.6. The lowest BCUT2D eigenvalue weighted by molar-refractivity contribution is -0.667. The van der Waals surface area contributed by atoms with E-state index in [1.165, 1.54) is 30.5 Å². The van der Waals surface area contributed by atoms with Crippen molar-refractivity contribution in [1.29, 1.82) is 0 Å². The summed E-state index contributed by atoms with van der Waals surface area (Å²) in [6, 6.07) is 38.9. The predicted octanol–water partition coefficient (Wildman–Crippen LogP) is 16.4. The predicted molar refractivity (Wildman–Crippen MR) is 351 cm³/mol. The zero-order chi connectivity index (χ0) is 88.6. The minimum absolute atomic E-state index is 0.191. The molecule has 0 saturated carbocycles. The normalized spacial score (nSPS) is 18.1. The van der Waals surface area contributed by atoms with E-state index in [0.29, 0.717) is 39.3 Å². The number of aromatic nitrogens is 5. The summed E-state index contributed by atoms with van der Waals surface area (Å²) >= 11 is 0. The van der Waals surface area contributed by atoms with E-state index in [9.17, 15) is 0 Å². The lowest BCUT2D eigenvalue weighted by Gasteiger charge is -2.08. The van der Waals surface area contributed by atoms with Crippen molar-refractivity contribution in [3.05, 3.63) is 265 Å². The lowest BCUT2D eigenvalue weighted by Crippen LogP contribution is -2.35. The first kappa shape index (κ1) is 32.1. The van der Waals surface area contributed by atoms with E-state index >= 15 is 0 Å². The van der Waals surface area contributed by atoms with Crippen molar-refractivity contribution in [2.45, 2.75) is 124 Å². The summed E-state index contributed by atoms with van der Waals surface area (Å²) in [7, 11) is 8.92. The van der Waals surface area contributed by atoms with E-state index in [-0.39, 0.29) is 50.1 Å². The number of hydrogen-bond acceptors (Lipinski definition) is 0. The maximum Gasteiger partial charge on any atom is 0.215 e. The zero-order valence-electron chi connectivity index (χ0n) is 82.3. The summed E-state index contributed by atoms with van der Waals surface area (Å²) in [6.07, 6.45) is 4.79. The van der Waals surface area contributed by atoms with Crippen molar-refractivity contribution < 1.29 is 68.1 Å². The molecular weight excluding hydrogens is 1010 g/mol. The number of rotatable bonds is 5. The Morgan fingerprint density at radius 3 is 1.18 bits per heavy atom. The topological polar surface area (TPSA) is 19.4 Å². The van der Waals surface area contributed by atoms with E-state index in [0.717, 1.165) is 67.3 Å². The molecule has 0 amide bonds.